The fraction of sp³-hybridized carbons (Fsp3) is 0.429. The summed E-state index contributed by atoms with van der Waals surface area (Å²) < 4.78 is 0. The summed E-state index contributed by atoms with van der Waals surface area (Å²) in [6, 6.07) is 6.01. The number of aryl methyl sites for hydroxylation is 1. The van der Waals surface area contributed by atoms with Gasteiger partial charge in [0.2, 0.25) is 0 Å². The molecule has 0 unspecified atom stereocenters. The highest BCUT2D eigenvalue weighted by molar-refractivity contribution is 6.30. The Morgan fingerprint density at radius 3 is 2.81 bits per heavy atom. The van der Waals surface area contributed by atoms with Gasteiger partial charge in [0.15, 0.2) is 0 Å². The Bertz CT molecular complexity index is 334. The first-order valence-corrected chi connectivity index (χ1v) is 6.21. The largest absolute Gasteiger partial charge is 0.320 e. The Balaban J connectivity index is 2.45. The monoisotopic (exact) mass is 237 g/mol. The van der Waals surface area contributed by atoms with Crippen molar-refractivity contribution in [2.75, 3.05) is 13.6 Å². The average Bonchev–Trinajstić information content (AvgIpc) is 2.29. The molecule has 0 saturated heterocycles. The third-order valence-electron chi connectivity index (χ3n) is 2.70. The predicted molar refractivity (Wildman–Crippen MR) is 73.0 cm³/mol. The summed E-state index contributed by atoms with van der Waals surface area (Å²) in [5.41, 5.74) is 2.52. The zero-order valence-electron chi connectivity index (χ0n) is 9.93. The molecule has 0 aromatic heterocycles. The van der Waals surface area contributed by atoms with Crippen LogP contribution in [-0.2, 0) is 6.42 Å². The Kier molecular flexibility index (Phi) is 6.20. The molecule has 1 N–H and O–H groups in total. The van der Waals surface area contributed by atoms with E-state index in [2.05, 4.69) is 18.0 Å². The highest BCUT2D eigenvalue weighted by atomic mass is 35.5. The molecule has 0 spiro atoms. The van der Waals surface area contributed by atoms with Crippen molar-refractivity contribution in [1.29, 1.82) is 0 Å². The molecule has 0 radical (unpaired) electrons. The first kappa shape index (κ1) is 13.3. The van der Waals surface area contributed by atoms with Crippen LogP contribution in [0.5, 0.6) is 0 Å². The number of hydrogen-bond donors (Lipinski definition) is 1. The van der Waals surface area contributed by atoms with Gasteiger partial charge in [0.05, 0.1) is 0 Å². The molecule has 2 heteroatoms. The van der Waals surface area contributed by atoms with E-state index in [4.69, 9.17) is 11.6 Å². The second-order valence-electron chi connectivity index (χ2n) is 3.96. The van der Waals surface area contributed by atoms with Gasteiger partial charge in [-0.25, -0.2) is 0 Å². The first-order valence-electron chi connectivity index (χ1n) is 5.83. The SMILES string of the molecule is C=Cc1ccc(Cl)cc1CCCCCNC. The van der Waals surface area contributed by atoms with E-state index in [1.165, 1.54) is 30.4 Å². The zero-order valence-corrected chi connectivity index (χ0v) is 10.7. The maximum atomic E-state index is 5.99. The fourth-order valence-electron chi connectivity index (χ4n) is 1.78. The standard InChI is InChI=1S/C14H20ClN/c1-3-12-8-9-14(15)11-13(12)7-5-4-6-10-16-2/h3,8-9,11,16H,1,4-7,10H2,2H3. The third-order valence-corrected chi connectivity index (χ3v) is 2.93. The molecule has 16 heavy (non-hydrogen) atoms. The molecule has 0 aliphatic carbocycles. The smallest absolute Gasteiger partial charge is 0.0409 e. The predicted octanol–water partition coefficient (Wildman–Crippen LogP) is 3.92. The van der Waals surface area contributed by atoms with Crippen molar-refractivity contribution in [3.63, 3.8) is 0 Å². The zero-order chi connectivity index (χ0) is 11.8. The summed E-state index contributed by atoms with van der Waals surface area (Å²) in [5, 5.41) is 3.98. The Morgan fingerprint density at radius 2 is 2.12 bits per heavy atom. The van der Waals surface area contributed by atoms with Gasteiger partial charge in [-0.2, -0.15) is 0 Å². The molecule has 0 fully saturated rings. The van der Waals surface area contributed by atoms with Gasteiger partial charge in [0, 0.05) is 5.02 Å². The van der Waals surface area contributed by atoms with Gasteiger partial charge in [0.1, 0.15) is 0 Å². The molecule has 1 rings (SSSR count). The Labute approximate surface area is 104 Å². The van der Waals surface area contributed by atoms with Crippen molar-refractivity contribution in [2.45, 2.75) is 25.7 Å². The Morgan fingerprint density at radius 1 is 1.31 bits per heavy atom. The van der Waals surface area contributed by atoms with E-state index in [0.717, 1.165) is 18.0 Å². The fourth-order valence-corrected chi connectivity index (χ4v) is 1.98. The van der Waals surface area contributed by atoms with Crippen LogP contribution in [0.1, 0.15) is 30.4 Å². The van der Waals surface area contributed by atoms with Gasteiger partial charge in [-0.05, 0) is 56.1 Å². The molecule has 1 aromatic rings. The third kappa shape index (κ3) is 4.38. The first-order chi connectivity index (χ1) is 7.77. The highest BCUT2D eigenvalue weighted by Crippen LogP contribution is 2.19. The number of hydrogen-bond acceptors (Lipinski definition) is 1. The van der Waals surface area contributed by atoms with Gasteiger partial charge >= 0.3 is 0 Å². The summed E-state index contributed by atoms with van der Waals surface area (Å²) in [5.74, 6) is 0. The molecular weight excluding hydrogens is 218 g/mol. The van der Waals surface area contributed by atoms with E-state index < -0.39 is 0 Å². The van der Waals surface area contributed by atoms with Crippen molar-refractivity contribution in [3.05, 3.63) is 40.9 Å². The molecule has 0 heterocycles. The van der Waals surface area contributed by atoms with Crippen molar-refractivity contribution < 1.29 is 0 Å². The summed E-state index contributed by atoms with van der Waals surface area (Å²) in [6.07, 6.45) is 6.69. The molecule has 88 valence electrons. The number of halogens is 1. The van der Waals surface area contributed by atoms with Crippen LogP contribution in [0.25, 0.3) is 6.08 Å². The lowest BCUT2D eigenvalue weighted by molar-refractivity contribution is 0.642. The van der Waals surface area contributed by atoms with Crippen molar-refractivity contribution >= 4 is 17.7 Å². The minimum Gasteiger partial charge on any atom is -0.320 e. The molecule has 0 amide bonds. The number of benzene rings is 1. The molecule has 0 aliphatic heterocycles. The summed E-state index contributed by atoms with van der Waals surface area (Å²) in [4.78, 5) is 0. The lowest BCUT2D eigenvalue weighted by atomic mass is 10.0. The van der Waals surface area contributed by atoms with Crippen LogP contribution in [0, 0.1) is 0 Å². The van der Waals surface area contributed by atoms with E-state index in [-0.39, 0.29) is 0 Å². The van der Waals surface area contributed by atoms with Crippen LogP contribution in [-0.4, -0.2) is 13.6 Å². The van der Waals surface area contributed by atoms with Gasteiger partial charge in [-0.1, -0.05) is 36.7 Å². The lowest BCUT2D eigenvalue weighted by Crippen LogP contribution is -2.07. The van der Waals surface area contributed by atoms with Crippen molar-refractivity contribution in [3.8, 4) is 0 Å². The molecule has 1 aromatic carbocycles. The van der Waals surface area contributed by atoms with E-state index >= 15 is 0 Å². The quantitative estimate of drug-likeness (QED) is 0.709. The van der Waals surface area contributed by atoms with Crippen LogP contribution in [0.3, 0.4) is 0 Å². The van der Waals surface area contributed by atoms with Crippen molar-refractivity contribution in [2.24, 2.45) is 0 Å². The van der Waals surface area contributed by atoms with Crippen LogP contribution in [0.2, 0.25) is 5.02 Å². The number of unbranched alkanes of at least 4 members (excludes halogenated alkanes) is 2. The van der Waals surface area contributed by atoms with Gasteiger partial charge in [-0.3, -0.25) is 0 Å². The molecule has 0 saturated carbocycles. The van der Waals surface area contributed by atoms with E-state index in [9.17, 15) is 0 Å². The van der Waals surface area contributed by atoms with Crippen LogP contribution < -0.4 is 5.32 Å². The topological polar surface area (TPSA) is 12.0 Å². The van der Waals surface area contributed by atoms with E-state index in [1.54, 1.807) is 0 Å². The maximum absolute atomic E-state index is 5.99. The summed E-state index contributed by atoms with van der Waals surface area (Å²) in [6.45, 7) is 4.93. The molecule has 0 aliphatic rings. The average molecular weight is 238 g/mol. The van der Waals surface area contributed by atoms with Gasteiger partial charge in [0.25, 0.3) is 0 Å². The lowest BCUT2D eigenvalue weighted by Gasteiger charge is -2.06. The summed E-state index contributed by atoms with van der Waals surface area (Å²) >= 11 is 5.99. The molecule has 0 atom stereocenters. The Hall–Kier alpha value is -0.790. The minimum atomic E-state index is 0.816. The van der Waals surface area contributed by atoms with Crippen LogP contribution in [0.15, 0.2) is 24.8 Å². The number of nitrogens with one attached hydrogen (secondary N) is 1. The van der Waals surface area contributed by atoms with Crippen LogP contribution in [0.4, 0.5) is 0 Å². The maximum Gasteiger partial charge on any atom is 0.0409 e. The van der Waals surface area contributed by atoms with Crippen molar-refractivity contribution in [1.82, 2.24) is 5.32 Å². The molecule has 1 nitrogen and oxygen atoms in total. The van der Waals surface area contributed by atoms with Crippen LogP contribution >= 0.6 is 11.6 Å². The summed E-state index contributed by atoms with van der Waals surface area (Å²) in [7, 11) is 1.99. The van der Waals surface area contributed by atoms with Gasteiger partial charge in [-0.15, -0.1) is 0 Å². The van der Waals surface area contributed by atoms with Gasteiger partial charge < -0.3 is 5.32 Å². The number of rotatable bonds is 7. The minimum absolute atomic E-state index is 0.816. The second-order valence-corrected chi connectivity index (χ2v) is 4.40. The molecular formula is C14H20ClN. The molecule has 0 bridgehead atoms. The second kappa shape index (κ2) is 7.48. The normalized spacial score (nSPS) is 10.4. The highest BCUT2D eigenvalue weighted by Gasteiger charge is 2.00. The van der Waals surface area contributed by atoms with E-state index in [0.29, 0.717) is 0 Å². The van der Waals surface area contributed by atoms with E-state index in [1.807, 2.05) is 25.3 Å².